The van der Waals surface area contributed by atoms with Gasteiger partial charge in [-0.15, -0.1) is 0 Å². The summed E-state index contributed by atoms with van der Waals surface area (Å²) in [5.41, 5.74) is 6.04. The van der Waals surface area contributed by atoms with Gasteiger partial charge in [0.25, 0.3) is 5.56 Å². The normalized spacial score (nSPS) is 12.0. The molecule has 0 bridgehead atoms. The summed E-state index contributed by atoms with van der Waals surface area (Å²) in [4.78, 5) is 21.0. The van der Waals surface area contributed by atoms with E-state index in [0.29, 0.717) is 17.2 Å². The number of anilines is 2. The van der Waals surface area contributed by atoms with E-state index < -0.39 is 6.04 Å². The maximum absolute atomic E-state index is 13.1. The maximum Gasteiger partial charge on any atom is 0.283 e. The maximum atomic E-state index is 13.1. The monoisotopic (exact) mass is 376 g/mol. The van der Waals surface area contributed by atoms with Crippen molar-refractivity contribution < 1.29 is 0 Å². The second-order valence-electron chi connectivity index (χ2n) is 6.14. The molecule has 0 aliphatic carbocycles. The molecule has 140 valence electrons. The molecule has 0 aliphatic heterocycles. The third-order valence-corrected chi connectivity index (χ3v) is 4.25. The van der Waals surface area contributed by atoms with Crippen molar-refractivity contribution in [3.8, 4) is 11.9 Å². The first-order valence-corrected chi connectivity index (χ1v) is 8.37. The average Bonchev–Trinajstić information content (AvgIpc) is 3.30. The van der Waals surface area contributed by atoms with E-state index in [-0.39, 0.29) is 22.8 Å². The molecule has 4 rings (SSSR count). The van der Waals surface area contributed by atoms with Crippen molar-refractivity contribution in [2.75, 3.05) is 11.1 Å². The molecule has 0 saturated heterocycles. The summed E-state index contributed by atoms with van der Waals surface area (Å²) in [5, 5.41) is 21.3. The number of nitriles is 1. The van der Waals surface area contributed by atoms with E-state index in [2.05, 4.69) is 25.5 Å². The van der Waals surface area contributed by atoms with Crippen LogP contribution in [0.25, 0.3) is 11.3 Å². The Morgan fingerprint density at radius 1 is 1.25 bits per heavy atom. The zero-order valence-electron chi connectivity index (χ0n) is 15.1. The lowest BCUT2D eigenvalue weighted by Gasteiger charge is -2.18. The van der Waals surface area contributed by atoms with Gasteiger partial charge >= 0.3 is 0 Å². The molecule has 4 heterocycles. The van der Waals surface area contributed by atoms with E-state index in [9.17, 15) is 10.1 Å². The van der Waals surface area contributed by atoms with Crippen LogP contribution >= 0.6 is 0 Å². The minimum absolute atomic E-state index is 0.0723. The number of aromatic nitrogens is 7. The Bertz CT molecular complexity index is 1280. The summed E-state index contributed by atoms with van der Waals surface area (Å²) >= 11 is 0. The van der Waals surface area contributed by atoms with Crippen LogP contribution in [0.5, 0.6) is 0 Å². The Kier molecular flexibility index (Phi) is 4.00. The molecule has 28 heavy (non-hydrogen) atoms. The number of aryl methyl sites for hydroxylation is 1. The van der Waals surface area contributed by atoms with Crippen molar-refractivity contribution in [2.45, 2.75) is 13.0 Å². The third kappa shape index (κ3) is 2.73. The second kappa shape index (κ2) is 6.51. The van der Waals surface area contributed by atoms with Crippen LogP contribution in [-0.2, 0) is 7.05 Å². The summed E-state index contributed by atoms with van der Waals surface area (Å²) in [6.45, 7) is 1.80. The van der Waals surface area contributed by atoms with E-state index >= 15 is 0 Å². The van der Waals surface area contributed by atoms with Gasteiger partial charge in [-0.2, -0.15) is 15.5 Å². The highest BCUT2D eigenvalue weighted by molar-refractivity contribution is 5.62. The highest BCUT2D eigenvalue weighted by atomic mass is 16.1. The Balaban J connectivity index is 1.87. The van der Waals surface area contributed by atoms with Crippen molar-refractivity contribution in [3.05, 3.63) is 58.7 Å². The lowest BCUT2D eigenvalue weighted by molar-refractivity contribution is 0.654. The van der Waals surface area contributed by atoms with Crippen LogP contribution in [0.4, 0.5) is 11.6 Å². The molecule has 11 nitrogen and oxygen atoms in total. The summed E-state index contributed by atoms with van der Waals surface area (Å²) < 4.78 is 4.54. The Morgan fingerprint density at radius 2 is 2.07 bits per heavy atom. The Labute approximate surface area is 158 Å². The number of rotatable bonds is 4. The number of nitrogens with one attached hydrogen (secondary N) is 1. The first kappa shape index (κ1) is 17.2. The van der Waals surface area contributed by atoms with Gasteiger partial charge in [0.1, 0.15) is 35.1 Å². The second-order valence-corrected chi connectivity index (χ2v) is 6.14. The molecule has 0 radical (unpaired) electrons. The van der Waals surface area contributed by atoms with Crippen molar-refractivity contribution >= 4 is 17.2 Å². The van der Waals surface area contributed by atoms with E-state index in [0.717, 1.165) is 0 Å². The van der Waals surface area contributed by atoms with Crippen molar-refractivity contribution in [2.24, 2.45) is 7.05 Å². The highest BCUT2D eigenvalue weighted by Crippen LogP contribution is 2.22. The fraction of sp³-hybridized carbons (Fsp3) is 0.176. The summed E-state index contributed by atoms with van der Waals surface area (Å²) in [6, 6.07) is 6.65. The summed E-state index contributed by atoms with van der Waals surface area (Å²) in [5.74, 6) is 1.17. The topological polar surface area (TPSA) is 145 Å². The fourth-order valence-corrected chi connectivity index (χ4v) is 2.91. The minimum atomic E-state index is -0.497. The average molecular weight is 376 g/mol. The summed E-state index contributed by atoms with van der Waals surface area (Å²) in [7, 11) is 1.77. The number of nitrogens with two attached hydrogens (primary N) is 1. The molecule has 0 aliphatic rings. The van der Waals surface area contributed by atoms with Gasteiger partial charge in [0.2, 0.25) is 0 Å². The highest BCUT2D eigenvalue weighted by Gasteiger charge is 2.21. The van der Waals surface area contributed by atoms with Crippen LogP contribution in [0, 0.1) is 11.3 Å². The molecule has 0 aromatic carbocycles. The van der Waals surface area contributed by atoms with E-state index in [1.54, 1.807) is 49.2 Å². The van der Waals surface area contributed by atoms with E-state index in [1.165, 1.54) is 15.4 Å². The van der Waals surface area contributed by atoms with Crippen LogP contribution in [0.2, 0.25) is 0 Å². The Morgan fingerprint density at radius 3 is 2.79 bits per heavy atom. The molecular weight excluding hydrogens is 360 g/mol. The first-order valence-electron chi connectivity index (χ1n) is 8.37. The molecule has 4 aromatic rings. The van der Waals surface area contributed by atoms with Gasteiger partial charge in [-0.05, 0) is 19.1 Å². The Hall–Kier alpha value is -4.20. The smallest absolute Gasteiger partial charge is 0.283 e. The predicted octanol–water partition coefficient (Wildman–Crippen LogP) is 0.636. The number of hydrogen-bond acceptors (Lipinski definition) is 8. The van der Waals surface area contributed by atoms with Crippen molar-refractivity contribution in [1.29, 1.82) is 5.26 Å². The molecule has 0 saturated carbocycles. The van der Waals surface area contributed by atoms with Crippen LogP contribution in [0.3, 0.4) is 0 Å². The zero-order chi connectivity index (χ0) is 19.8. The van der Waals surface area contributed by atoms with Crippen molar-refractivity contribution in [1.82, 2.24) is 33.9 Å². The number of nitrogen functional groups attached to an aromatic ring is 1. The molecular formula is C17H16N10O. The van der Waals surface area contributed by atoms with Gasteiger partial charge in [-0.3, -0.25) is 9.48 Å². The van der Waals surface area contributed by atoms with Gasteiger partial charge < -0.3 is 11.1 Å². The van der Waals surface area contributed by atoms with Gasteiger partial charge in [0.05, 0.1) is 6.04 Å². The first-order chi connectivity index (χ1) is 13.5. The lowest BCUT2D eigenvalue weighted by atomic mass is 10.2. The lowest BCUT2D eigenvalue weighted by Crippen LogP contribution is -2.29. The van der Waals surface area contributed by atoms with Crippen LogP contribution < -0.4 is 16.6 Å². The quantitative estimate of drug-likeness (QED) is 0.528. The number of fused-ring (bicyclic) bond motifs is 1. The largest absolute Gasteiger partial charge is 0.382 e. The minimum Gasteiger partial charge on any atom is -0.382 e. The van der Waals surface area contributed by atoms with E-state index in [4.69, 9.17) is 5.73 Å². The van der Waals surface area contributed by atoms with Gasteiger partial charge in [0.15, 0.2) is 11.6 Å². The van der Waals surface area contributed by atoms with Gasteiger partial charge in [0, 0.05) is 25.5 Å². The molecule has 3 N–H and O–H groups in total. The zero-order valence-corrected chi connectivity index (χ0v) is 15.1. The fourth-order valence-electron chi connectivity index (χ4n) is 2.91. The third-order valence-electron chi connectivity index (χ3n) is 4.25. The molecule has 0 spiro atoms. The van der Waals surface area contributed by atoms with Gasteiger partial charge in [-0.25, -0.2) is 19.1 Å². The summed E-state index contributed by atoms with van der Waals surface area (Å²) in [6.07, 6.45) is 4.70. The van der Waals surface area contributed by atoms with Gasteiger partial charge in [-0.1, -0.05) is 0 Å². The molecule has 11 heteroatoms. The van der Waals surface area contributed by atoms with Crippen molar-refractivity contribution in [3.63, 3.8) is 0 Å². The van der Waals surface area contributed by atoms with Crippen LogP contribution in [0.1, 0.15) is 24.4 Å². The molecule has 1 atom stereocenters. The SMILES string of the molecule is C[C@H](Nc1ncnc(N)c1C#N)c1nn2cccc2c(=O)n1-c1ccn(C)n1. The van der Waals surface area contributed by atoms with E-state index in [1.807, 2.05) is 6.07 Å². The van der Waals surface area contributed by atoms with Crippen LogP contribution in [0.15, 0.2) is 41.7 Å². The molecule has 0 amide bonds. The molecule has 4 aromatic heterocycles. The standard InChI is InChI=1S/C17H16N10O/c1-10(22-15-11(8-18)14(19)20-9-21-15)16-24-26-6-3-4-12(26)17(28)27(16)13-5-7-25(2)23-13/h3-7,9-10H,1-2H3,(H3,19,20,21,22)/t10-/m0/s1. The molecule has 0 unspecified atom stereocenters. The predicted molar refractivity (Wildman–Crippen MR) is 101 cm³/mol. The number of nitrogens with zero attached hydrogens (tertiary/aromatic N) is 8. The number of hydrogen-bond donors (Lipinski definition) is 2. The van der Waals surface area contributed by atoms with Crippen LogP contribution in [-0.4, -0.2) is 33.9 Å². The molecule has 0 fully saturated rings.